The molecular weight excluding hydrogens is 370 g/mol. The van der Waals surface area contributed by atoms with Crippen LogP contribution in [0.5, 0.6) is 5.75 Å². The highest BCUT2D eigenvalue weighted by Crippen LogP contribution is 2.29. The zero-order chi connectivity index (χ0) is 19.5. The zero-order valence-corrected chi connectivity index (χ0v) is 17.0. The van der Waals surface area contributed by atoms with Crippen LogP contribution < -0.4 is 4.74 Å². The van der Waals surface area contributed by atoms with E-state index in [1.165, 1.54) is 21.8 Å². The molecule has 3 nitrogen and oxygen atoms in total. The molecule has 0 spiro atoms. The molecule has 0 saturated heterocycles. The Morgan fingerprint density at radius 3 is 1.96 bits per heavy atom. The number of nitrogens with zero attached hydrogens (tertiary/aromatic N) is 1. The lowest BCUT2D eigenvalue weighted by atomic mass is 10.1. The number of aromatic nitrogens is 1. The summed E-state index contributed by atoms with van der Waals surface area (Å²) < 4.78 is 14.1. The number of halogens is 1. The van der Waals surface area contributed by atoms with Gasteiger partial charge in [0.1, 0.15) is 12.4 Å². The number of aryl methyl sites for hydroxylation is 2. The minimum atomic E-state index is 0.524. The second kappa shape index (κ2) is 8.26. The molecule has 144 valence electrons. The van der Waals surface area contributed by atoms with Crippen molar-refractivity contribution in [3.63, 3.8) is 0 Å². The van der Waals surface area contributed by atoms with Crippen LogP contribution in [0.2, 0.25) is 5.02 Å². The van der Waals surface area contributed by atoms with Crippen molar-refractivity contribution in [2.24, 2.45) is 0 Å². The highest BCUT2D eigenvalue weighted by atomic mass is 35.5. The van der Waals surface area contributed by atoms with Crippen molar-refractivity contribution in [2.45, 2.75) is 20.4 Å². The summed E-state index contributed by atoms with van der Waals surface area (Å²) >= 11 is 6.07. The Labute approximate surface area is 170 Å². The highest BCUT2D eigenvalue weighted by molar-refractivity contribution is 6.30. The van der Waals surface area contributed by atoms with Gasteiger partial charge in [-0.3, -0.25) is 0 Å². The topological polar surface area (TPSA) is 23.4 Å². The first-order valence-corrected chi connectivity index (χ1v) is 9.96. The second-order valence-electron chi connectivity index (χ2n) is 7.02. The average Bonchev–Trinajstić information content (AvgIpc) is 3.00. The van der Waals surface area contributed by atoms with Gasteiger partial charge in [-0.2, -0.15) is 0 Å². The van der Waals surface area contributed by atoms with Gasteiger partial charge in [-0.05, 0) is 49.2 Å². The van der Waals surface area contributed by atoms with E-state index in [0.717, 1.165) is 28.4 Å². The van der Waals surface area contributed by atoms with Crippen molar-refractivity contribution in [3.05, 3.63) is 76.8 Å². The lowest BCUT2D eigenvalue weighted by Crippen LogP contribution is -2.12. The molecule has 0 saturated carbocycles. The summed E-state index contributed by atoms with van der Waals surface area (Å²) in [6.45, 7) is 6.56. The third-order valence-corrected chi connectivity index (χ3v) is 5.26. The van der Waals surface area contributed by atoms with E-state index in [-0.39, 0.29) is 0 Å². The molecule has 1 heterocycles. The van der Waals surface area contributed by atoms with Crippen LogP contribution in [-0.4, -0.2) is 24.4 Å². The van der Waals surface area contributed by atoms with E-state index in [1.807, 2.05) is 26.0 Å². The lowest BCUT2D eigenvalue weighted by Gasteiger charge is -2.13. The van der Waals surface area contributed by atoms with Crippen molar-refractivity contribution in [3.8, 4) is 5.75 Å². The Balaban J connectivity index is 1.36. The summed E-state index contributed by atoms with van der Waals surface area (Å²) in [5.41, 5.74) is 4.59. The lowest BCUT2D eigenvalue weighted by molar-refractivity contribution is 0.0950. The number of para-hydroxylation sites is 2. The van der Waals surface area contributed by atoms with Crippen LogP contribution in [0, 0.1) is 13.8 Å². The van der Waals surface area contributed by atoms with Crippen LogP contribution in [0.15, 0.2) is 60.7 Å². The Kier molecular flexibility index (Phi) is 5.56. The maximum atomic E-state index is 6.07. The van der Waals surface area contributed by atoms with E-state index in [1.54, 1.807) is 0 Å². The summed E-state index contributed by atoms with van der Waals surface area (Å²) in [4.78, 5) is 0. The number of hydrogen-bond acceptors (Lipinski definition) is 2. The summed E-state index contributed by atoms with van der Waals surface area (Å²) in [5.74, 6) is 0.899. The van der Waals surface area contributed by atoms with E-state index in [0.29, 0.717) is 19.8 Å². The Hall–Kier alpha value is -2.49. The van der Waals surface area contributed by atoms with Crippen LogP contribution in [0.4, 0.5) is 0 Å². The smallest absolute Gasteiger partial charge is 0.125 e. The van der Waals surface area contributed by atoms with E-state index in [9.17, 15) is 0 Å². The largest absolute Gasteiger partial charge is 0.491 e. The van der Waals surface area contributed by atoms with Crippen LogP contribution in [0.3, 0.4) is 0 Å². The molecule has 4 aromatic rings. The Morgan fingerprint density at radius 1 is 0.786 bits per heavy atom. The van der Waals surface area contributed by atoms with Crippen molar-refractivity contribution in [2.75, 3.05) is 19.8 Å². The van der Waals surface area contributed by atoms with Crippen molar-refractivity contribution >= 4 is 33.4 Å². The first kappa shape index (κ1) is 18.9. The Morgan fingerprint density at radius 2 is 1.36 bits per heavy atom. The number of rotatable bonds is 7. The van der Waals surface area contributed by atoms with Gasteiger partial charge in [0, 0.05) is 33.4 Å². The molecule has 0 aliphatic heterocycles. The van der Waals surface area contributed by atoms with Gasteiger partial charge in [0.2, 0.25) is 0 Å². The second-order valence-corrected chi connectivity index (χ2v) is 7.45. The van der Waals surface area contributed by atoms with Gasteiger partial charge in [-0.25, -0.2) is 0 Å². The molecule has 0 aliphatic carbocycles. The highest BCUT2D eigenvalue weighted by Gasteiger charge is 2.09. The van der Waals surface area contributed by atoms with Crippen LogP contribution in [0.25, 0.3) is 21.8 Å². The van der Waals surface area contributed by atoms with E-state index >= 15 is 0 Å². The third-order valence-electron chi connectivity index (χ3n) is 5.04. The van der Waals surface area contributed by atoms with Crippen LogP contribution in [-0.2, 0) is 11.3 Å². The summed E-state index contributed by atoms with van der Waals surface area (Å²) in [6.07, 6.45) is 0. The maximum Gasteiger partial charge on any atom is 0.125 e. The van der Waals surface area contributed by atoms with Gasteiger partial charge < -0.3 is 14.0 Å². The molecule has 28 heavy (non-hydrogen) atoms. The fraction of sp³-hybridized carbons (Fsp3) is 0.250. The molecule has 0 fully saturated rings. The van der Waals surface area contributed by atoms with Gasteiger partial charge in [0.15, 0.2) is 0 Å². The summed E-state index contributed by atoms with van der Waals surface area (Å²) in [7, 11) is 0. The van der Waals surface area contributed by atoms with Gasteiger partial charge in [-0.1, -0.05) is 48.0 Å². The molecule has 0 radical (unpaired) electrons. The first-order chi connectivity index (χ1) is 13.6. The molecule has 3 aromatic carbocycles. The van der Waals surface area contributed by atoms with E-state index in [4.69, 9.17) is 21.1 Å². The molecule has 0 unspecified atom stereocenters. The van der Waals surface area contributed by atoms with Crippen molar-refractivity contribution in [1.29, 1.82) is 0 Å². The van der Waals surface area contributed by atoms with Gasteiger partial charge in [0.05, 0.1) is 13.2 Å². The molecular formula is C24H24ClNO2. The van der Waals surface area contributed by atoms with Crippen molar-refractivity contribution < 1.29 is 9.47 Å². The van der Waals surface area contributed by atoms with E-state index < -0.39 is 0 Å². The molecule has 0 amide bonds. The molecule has 0 atom stereocenters. The van der Waals surface area contributed by atoms with Crippen LogP contribution >= 0.6 is 11.6 Å². The SMILES string of the molecule is Cc1cc(Cl)cc(C)c1OCCOCCn1c2ccccc2c2ccccc21. The van der Waals surface area contributed by atoms with E-state index in [2.05, 4.69) is 53.1 Å². The number of hydrogen-bond donors (Lipinski definition) is 0. The van der Waals surface area contributed by atoms with Gasteiger partial charge >= 0.3 is 0 Å². The van der Waals surface area contributed by atoms with Gasteiger partial charge in [-0.15, -0.1) is 0 Å². The minimum absolute atomic E-state index is 0.524. The Bertz CT molecular complexity index is 1040. The number of ether oxygens (including phenoxy) is 2. The fourth-order valence-corrected chi connectivity index (χ4v) is 4.16. The molecule has 0 bridgehead atoms. The minimum Gasteiger partial charge on any atom is -0.491 e. The third kappa shape index (κ3) is 3.73. The molecule has 0 aliphatic rings. The molecule has 1 aromatic heterocycles. The average molecular weight is 394 g/mol. The molecule has 0 N–H and O–H groups in total. The number of fused-ring (bicyclic) bond motifs is 3. The monoisotopic (exact) mass is 393 g/mol. The number of benzene rings is 3. The molecule has 4 heteroatoms. The maximum absolute atomic E-state index is 6.07. The van der Waals surface area contributed by atoms with Crippen molar-refractivity contribution in [1.82, 2.24) is 4.57 Å². The predicted octanol–water partition coefficient (Wildman–Crippen LogP) is 6.16. The zero-order valence-electron chi connectivity index (χ0n) is 16.2. The summed E-state index contributed by atoms with van der Waals surface area (Å²) in [6, 6.07) is 20.9. The predicted molar refractivity (Wildman–Crippen MR) is 117 cm³/mol. The first-order valence-electron chi connectivity index (χ1n) is 9.58. The quantitative estimate of drug-likeness (QED) is 0.351. The fourth-order valence-electron chi connectivity index (χ4n) is 3.83. The normalized spacial score (nSPS) is 11.4. The van der Waals surface area contributed by atoms with Crippen LogP contribution in [0.1, 0.15) is 11.1 Å². The molecule has 4 rings (SSSR count). The standard InChI is InChI=1S/C24H24ClNO2/c1-17-15-19(25)16-18(2)24(17)28-14-13-27-12-11-26-22-9-5-3-7-20(22)21-8-4-6-10-23(21)26/h3-10,15-16H,11-14H2,1-2H3. The van der Waals surface area contributed by atoms with Gasteiger partial charge in [0.25, 0.3) is 0 Å². The summed E-state index contributed by atoms with van der Waals surface area (Å²) in [5, 5.41) is 3.31.